The van der Waals surface area contributed by atoms with Crippen LogP contribution >= 0.6 is 11.3 Å². The lowest BCUT2D eigenvalue weighted by atomic mass is 10.2. The third kappa shape index (κ3) is 2.86. The number of aliphatic hydroxyl groups excluding tert-OH is 1. The van der Waals surface area contributed by atoms with Crippen molar-refractivity contribution in [2.45, 2.75) is 50.2 Å². The molecule has 1 fully saturated rings. The second kappa shape index (κ2) is 4.66. The summed E-state index contributed by atoms with van der Waals surface area (Å²) in [6, 6.07) is 0. The number of thiazole rings is 1. The van der Waals surface area contributed by atoms with Crippen LogP contribution in [0.5, 0.6) is 0 Å². The van der Waals surface area contributed by atoms with Crippen molar-refractivity contribution in [3.8, 4) is 0 Å². The van der Waals surface area contributed by atoms with E-state index in [2.05, 4.69) is 4.98 Å². The van der Waals surface area contributed by atoms with E-state index in [-0.39, 0.29) is 17.6 Å². The first-order valence-electron chi connectivity index (χ1n) is 5.75. The summed E-state index contributed by atoms with van der Waals surface area (Å²) in [5.41, 5.74) is 0.923. The molecular weight excluding hydrogens is 258 g/mol. The van der Waals surface area contributed by atoms with Gasteiger partial charge in [0.15, 0.2) is 9.84 Å². The second-order valence-electron chi connectivity index (χ2n) is 4.70. The molecule has 0 unspecified atom stereocenters. The number of aromatic nitrogens is 1. The Morgan fingerprint density at radius 2 is 2.12 bits per heavy atom. The number of hydrogen-bond acceptors (Lipinski definition) is 5. The average Bonchev–Trinajstić information content (AvgIpc) is 3.00. The number of sulfone groups is 1. The maximum Gasteiger partial charge on any atom is 0.159 e. The molecule has 1 saturated carbocycles. The lowest BCUT2D eigenvalue weighted by Crippen LogP contribution is -2.15. The fraction of sp³-hybridized carbons (Fsp3) is 0.727. The Morgan fingerprint density at radius 3 is 2.59 bits per heavy atom. The topological polar surface area (TPSA) is 67.3 Å². The fourth-order valence-electron chi connectivity index (χ4n) is 1.60. The van der Waals surface area contributed by atoms with E-state index in [4.69, 9.17) is 0 Å². The van der Waals surface area contributed by atoms with Gasteiger partial charge in [-0.2, -0.15) is 0 Å². The van der Waals surface area contributed by atoms with Crippen molar-refractivity contribution < 1.29 is 13.5 Å². The maximum absolute atomic E-state index is 11.8. The Labute approximate surface area is 106 Å². The average molecular weight is 275 g/mol. The summed E-state index contributed by atoms with van der Waals surface area (Å²) in [7, 11) is -3.10. The van der Waals surface area contributed by atoms with Crippen LogP contribution < -0.4 is 0 Å². The lowest BCUT2D eigenvalue weighted by Gasteiger charge is -2.04. The standard InChI is InChI=1S/C11H17NO3S2/c1-7(2)17(14,15)6-10-12-11(8-3-4-8)9(5-13)16-10/h7-8,13H,3-6H2,1-2H3. The predicted molar refractivity (Wildman–Crippen MR) is 67.8 cm³/mol. The molecule has 17 heavy (non-hydrogen) atoms. The smallest absolute Gasteiger partial charge is 0.159 e. The molecule has 0 saturated heterocycles. The minimum absolute atomic E-state index is 0.00491. The number of rotatable bonds is 5. The van der Waals surface area contributed by atoms with Crippen LogP contribution in [-0.4, -0.2) is 23.8 Å². The van der Waals surface area contributed by atoms with Crippen LogP contribution in [0.2, 0.25) is 0 Å². The van der Waals surface area contributed by atoms with Crippen molar-refractivity contribution in [2.24, 2.45) is 0 Å². The van der Waals surface area contributed by atoms with Gasteiger partial charge in [-0.3, -0.25) is 0 Å². The largest absolute Gasteiger partial charge is 0.391 e. The van der Waals surface area contributed by atoms with Crippen molar-refractivity contribution in [1.82, 2.24) is 4.98 Å². The van der Waals surface area contributed by atoms with Gasteiger partial charge in [-0.1, -0.05) is 0 Å². The number of hydrogen-bond donors (Lipinski definition) is 1. The molecule has 2 rings (SSSR count). The quantitative estimate of drug-likeness (QED) is 0.890. The van der Waals surface area contributed by atoms with Gasteiger partial charge in [0.25, 0.3) is 0 Å². The van der Waals surface area contributed by atoms with Gasteiger partial charge in [0.05, 0.1) is 22.4 Å². The van der Waals surface area contributed by atoms with E-state index in [1.807, 2.05) is 0 Å². The SMILES string of the molecule is CC(C)S(=O)(=O)Cc1nc(C2CC2)c(CO)s1. The summed E-state index contributed by atoms with van der Waals surface area (Å²) in [4.78, 5) is 5.22. The molecule has 1 aromatic rings. The van der Waals surface area contributed by atoms with Gasteiger partial charge >= 0.3 is 0 Å². The van der Waals surface area contributed by atoms with E-state index < -0.39 is 9.84 Å². The van der Waals surface area contributed by atoms with E-state index in [0.717, 1.165) is 23.4 Å². The van der Waals surface area contributed by atoms with Gasteiger partial charge in [0.1, 0.15) is 10.8 Å². The van der Waals surface area contributed by atoms with E-state index in [9.17, 15) is 13.5 Å². The zero-order valence-corrected chi connectivity index (χ0v) is 11.6. The first-order valence-corrected chi connectivity index (χ1v) is 8.28. The summed E-state index contributed by atoms with van der Waals surface area (Å²) in [6.45, 7) is 3.32. The fourth-order valence-corrected chi connectivity index (χ4v) is 3.88. The number of nitrogens with zero attached hydrogens (tertiary/aromatic N) is 1. The molecular formula is C11H17NO3S2. The predicted octanol–water partition coefficient (Wildman–Crippen LogP) is 1.84. The van der Waals surface area contributed by atoms with Crippen LogP contribution in [0.15, 0.2) is 0 Å². The van der Waals surface area contributed by atoms with Crippen LogP contribution in [0, 0.1) is 0 Å². The molecule has 0 aromatic carbocycles. The first kappa shape index (κ1) is 13.0. The lowest BCUT2D eigenvalue weighted by molar-refractivity contribution is 0.284. The van der Waals surface area contributed by atoms with Crippen molar-refractivity contribution in [2.75, 3.05) is 0 Å². The Balaban J connectivity index is 2.22. The third-order valence-corrected chi connectivity index (χ3v) is 6.27. The maximum atomic E-state index is 11.8. The van der Waals surface area contributed by atoms with Crippen LogP contribution in [0.4, 0.5) is 0 Å². The normalized spacial score (nSPS) is 16.7. The van der Waals surface area contributed by atoms with E-state index >= 15 is 0 Å². The molecule has 0 spiro atoms. The monoisotopic (exact) mass is 275 g/mol. The zero-order chi connectivity index (χ0) is 12.6. The number of aliphatic hydroxyl groups is 1. The van der Waals surface area contributed by atoms with Crippen molar-refractivity contribution in [3.05, 3.63) is 15.6 Å². The van der Waals surface area contributed by atoms with Gasteiger partial charge in [-0.25, -0.2) is 13.4 Å². The summed E-state index contributed by atoms with van der Waals surface area (Å²) < 4.78 is 23.6. The molecule has 1 aromatic heterocycles. The van der Waals surface area contributed by atoms with Crippen molar-refractivity contribution in [3.63, 3.8) is 0 Å². The molecule has 0 bridgehead atoms. The highest BCUT2D eigenvalue weighted by Crippen LogP contribution is 2.42. The van der Waals surface area contributed by atoms with Gasteiger partial charge in [0.2, 0.25) is 0 Å². The Morgan fingerprint density at radius 1 is 1.47 bits per heavy atom. The zero-order valence-electron chi connectivity index (χ0n) is 10.0. The summed E-state index contributed by atoms with van der Waals surface area (Å²) in [6.07, 6.45) is 2.21. The molecule has 1 aliphatic carbocycles. The molecule has 1 N–H and O–H groups in total. The van der Waals surface area contributed by atoms with Crippen LogP contribution in [0.1, 0.15) is 48.2 Å². The van der Waals surface area contributed by atoms with Crippen molar-refractivity contribution >= 4 is 21.2 Å². The van der Waals surface area contributed by atoms with E-state index in [0.29, 0.717) is 10.9 Å². The molecule has 4 nitrogen and oxygen atoms in total. The highest BCUT2D eigenvalue weighted by atomic mass is 32.2. The van der Waals surface area contributed by atoms with Gasteiger partial charge in [-0.15, -0.1) is 11.3 Å². The second-order valence-corrected chi connectivity index (χ2v) is 8.43. The highest BCUT2D eigenvalue weighted by Gasteiger charge is 2.30. The molecule has 1 heterocycles. The minimum atomic E-state index is -3.10. The van der Waals surface area contributed by atoms with E-state index in [1.165, 1.54) is 11.3 Å². The molecule has 0 atom stereocenters. The van der Waals surface area contributed by atoms with Gasteiger partial charge < -0.3 is 5.11 Å². The minimum Gasteiger partial charge on any atom is -0.391 e. The summed E-state index contributed by atoms with van der Waals surface area (Å²) >= 11 is 1.33. The molecule has 1 aliphatic rings. The van der Waals surface area contributed by atoms with Crippen LogP contribution in [0.3, 0.4) is 0 Å². The van der Waals surface area contributed by atoms with Gasteiger partial charge in [-0.05, 0) is 26.7 Å². The highest BCUT2D eigenvalue weighted by molar-refractivity contribution is 7.91. The van der Waals surface area contributed by atoms with Crippen LogP contribution in [-0.2, 0) is 22.2 Å². The van der Waals surface area contributed by atoms with Crippen molar-refractivity contribution in [1.29, 1.82) is 0 Å². The summed E-state index contributed by atoms with van der Waals surface area (Å²) in [5, 5.41) is 9.47. The Kier molecular flexibility index (Phi) is 3.56. The molecule has 96 valence electrons. The molecule has 0 radical (unpaired) electrons. The molecule has 6 heteroatoms. The van der Waals surface area contributed by atoms with E-state index in [1.54, 1.807) is 13.8 Å². The Hall–Kier alpha value is -0.460. The van der Waals surface area contributed by atoms with Gasteiger partial charge in [0, 0.05) is 5.92 Å². The van der Waals surface area contributed by atoms with Crippen LogP contribution in [0.25, 0.3) is 0 Å². The molecule has 0 aliphatic heterocycles. The Bertz CT molecular complexity index is 501. The first-order chi connectivity index (χ1) is 7.94. The third-order valence-electron chi connectivity index (χ3n) is 2.92. The molecule has 0 amide bonds. The summed E-state index contributed by atoms with van der Waals surface area (Å²) in [5.74, 6) is 0.443.